The van der Waals surface area contributed by atoms with Crippen LogP contribution < -0.4 is 5.73 Å². The number of aromatic nitrogens is 4. The molecule has 0 amide bonds. The summed E-state index contributed by atoms with van der Waals surface area (Å²) in [5.74, 6) is 1.16. The van der Waals surface area contributed by atoms with Gasteiger partial charge in [-0.2, -0.15) is 10.1 Å². The molecule has 21 heavy (non-hydrogen) atoms. The molecule has 114 valence electrons. The van der Waals surface area contributed by atoms with Crippen LogP contribution in [0.15, 0.2) is 10.6 Å². The van der Waals surface area contributed by atoms with Gasteiger partial charge in [-0.25, -0.2) is 0 Å². The monoisotopic (exact) mass is 289 g/mol. The molecule has 2 N–H and O–H groups in total. The fourth-order valence-electron chi connectivity index (χ4n) is 2.99. The van der Waals surface area contributed by atoms with E-state index in [0.717, 1.165) is 50.0 Å². The van der Waals surface area contributed by atoms with Gasteiger partial charge in [-0.05, 0) is 32.3 Å². The molecule has 1 saturated carbocycles. The molecule has 0 aromatic carbocycles. The molecule has 0 bridgehead atoms. The standard InChI is InChI=1S/C15H23N5O/c1-3-11-10-12(20(4-2)18-11)13-17-14(19-21-13)15(16)8-6-5-7-9-15/h10H,3-9,16H2,1-2H3. The zero-order valence-electron chi connectivity index (χ0n) is 12.8. The third-order valence-electron chi connectivity index (χ3n) is 4.33. The van der Waals surface area contributed by atoms with Crippen LogP contribution in [-0.4, -0.2) is 19.9 Å². The van der Waals surface area contributed by atoms with E-state index in [1.54, 1.807) is 0 Å². The summed E-state index contributed by atoms with van der Waals surface area (Å²) in [4.78, 5) is 4.57. The number of nitrogens with zero attached hydrogens (tertiary/aromatic N) is 4. The van der Waals surface area contributed by atoms with Crippen molar-refractivity contribution >= 4 is 0 Å². The van der Waals surface area contributed by atoms with Crippen molar-refractivity contribution in [3.8, 4) is 11.6 Å². The number of rotatable bonds is 4. The molecule has 0 aliphatic heterocycles. The Bertz CT molecular complexity index is 609. The Labute approximate surface area is 124 Å². The summed E-state index contributed by atoms with van der Waals surface area (Å²) in [6.07, 6.45) is 6.26. The zero-order valence-corrected chi connectivity index (χ0v) is 12.8. The minimum Gasteiger partial charge on any atom is -0.332 e. The maximum atomic E-state index is 6.47. The maximum absolute atomic E-state index is 6.47. The van der Waals surface area contributed by atoms with E-state index in [1.165, 1.54) is 6.42 Å². The summed E-state index contributed by atoms with van der Waals surface area (Å²) < 4.78 is 7.37. The number of hydrogen-bond donors (Lipinski definition) is 1. The molecule has 6 nitrogen and oxygen atoms in total. The van der Waals surface area contributed by atoms with Gasteiger partial charge in [-0.3, -0.25) is 4.68 Å². The topological polar surface area (TPSA) is 82.8 Å². The molecule has 0 atom stereocenters. The van der Waals surface area contributed by atoms with E-state index >= 15 is 0 Å². The second kappa shape index (κ2) is 5.60. The van der Waals surface area contributed by atoms with Crippen LogP contribution in [0, 0.1) is 0 Å². The summed E-state index contributed by atoms with van der Waals surface area (Å²) in [5, 5.41) is 8.67. The zero-order chi connectivity index (χ0) is 14.9. The Morgan fingerprint density at radius 2 is 2.05 bits per heavy atom. The lowest BCUT2D eigenvalue weighted by Crippen LogP contribution is -2.39. The van der Waals surface area contributed by atoms with Gasteiger partial charge < -0.3 is 10.3 Å². The molecule has 2 heterocycles. The summed E-state index contributed by atoms with van der Waals surface area (Å²) >= 11 is 0. The second-order valence-corrected chi connectivity index (χ2v) is 5.83. The minimum atomic E-state index is -0.426. The van der Waals surface area contributed by atoms with Crippen molar-refractivity contribution in [2.45, 2.75) is 64.5 Å². The molecule has 1 aliphatic rings. The van der Waals surface area contributed by atoms with Gasteiger partial charge in [0.15, 0.2) is 5.82 Å². The van der Waals surface area contributed by atoms with Crippen molar-refractivity contribution in [2.75, 3.05) is 0 Å². The van der Waals surface area contributed by atoms with Crippen LogP contribution in [0.5, 0.6) is 0 Å². The molecular weight excluding hydrogens is 266 g/mol. The van der Waals surface area contributed by atoms with Crippen LogP contribution in [0.3, 0.4) is 0 Å². The van der Waals surface area contributed by atoms with E-state index in [9.17, 15) is 0 Å². The highest BCUT2D eigenvalue weighted by Gasteiger charge is 2.34. The summed E-state index contributed by atoms with van der Waals surface area (Å²) in [6, 6.07) is 2.02. The first-order valence-electron chi connectivity index (χ1n) is 7.86. The van der Waals surface area contributed by atoms with Gasteiger partial charge in [0, 0.05) is 6.54 Å². The first kappa shape index (κ1) is 14.3. The Morgan fingerprint density at radius 1 is 1.29 bits per heavy atom. The van der Waals surface area contributed by atoms with Crippen LogP contribution in [0.2, 0.25) is 0 Å². The van der Waals surface area contributed by atoms with Gasteiger partial charge in [0.25, 0.3) is 5.89 Å². The van der Waals surface area contributed by atoms with Crippen LogP contribution in [0.25, 0.3) is 11.6 Å². The lowest BCUT2D eigenvalue weighted by atomic mass is 9.82. The first-order valence-corrected chi connectivity index (χ1v) is 7.86. The predicted molar refractivity (Wildman–Crippen MR) is 79.5 cm³/mol. The van der Waals surface area contributed by atoms with Crippen molar-refractivity contribution in [1.82, 2.24) is 19.9 Å². The summed E-state index contributed by atoms with van der Waals surface area (Å²) in [5.41, 5.74) is 7.96. The molecule has 0 spiro atoms. The van der Waals surface area contributed by atoms with Gasteiger partial charge in [-0.15, -0.1) is 0 Å². The fourth-order valence-corrected chi connectivity index (χ4v) is 2.99. The van der Waals surface area contributed by atoms with Crippen LogP contribution >= 0.6 is 0 Å². The molecule has 6 heteroatoms. The van der Waals surface area contributed by atoms with Crippen molar-refractivity contribution < 1.29 is 4.52 Å². The molecule has 2 aromatic rings. The van der Waals surface area contributed by atoms with Gasteiger partial charge in [0.1, 0.15) is 5.69 Å². The Kier molecular flexibility index (Phi) is 3.80. The molecule has 0 saturated heterocycles. The molecule has 1 aliphatic carbocycles. The summed E-state index contributed by atoms with van der Waals surface area (Å²) in [7, 11) is 0. The normalized spacial score (nSPS) is 18.0. The third-order valence-corrected chi connectivity index (χ3v) is 4.33. The molecule has 1 fully saturated rings. The van der Waals surface area contributed by atoms with Crippen LogP contribution in [0.1, 0.15) is 57.5 Å². The lowest BCUT2D eigenvalue weighted by Gasteiger charge is -2.29. The minimum absolute atomic E-state index is 0.426. The second-order valence-electron chi connectivity index (χ2n) is 5.83. The van der Waals surface area contributed by atoms with Crippen molar-refractivity contribution in [2.24, 2.45) is 5.73 Å². The Hall–Kier alpha value is -1.69. The lowest BCUT2D eigenvalue weighted by molar-refractivity contribution is 0.275. The average Bonchev–Trinajstić information content (AvgIpc) is 3.14. The average molecular weight is 289 g/mol. The van der Waals surface area contributed by atoms with Crippen molar-refractivity contribution in [3.05, 3.63) is 17.6 Å². The van der Waals surface area contributed by atoms with Gasteiger partial charge >= 0.3 is 0 Å². The highest BCUT2D eigenvalue weighted by atomic mass is 16.5. The number of aryl methyl sites for hydroxylation is 2. The van der Waals surface area contributed by atoms with Gasteiger partial charge in [-0.1, -0.05) is 31.3 Å². The SMILES string of the molecule is CCc1cc(-c2nc(C3(N)CCCCC3)no2)n(CC)n1. The van der Waals surface area contributed by atoms with E-state index < -0.39 is 5.54 Å². The maximum Gasteiger partial charge on any atom is 0.276 e. The van der Waals surface area contributed by atoms with E-state index in [2.05, 4.69) is 29.1 Å². The third kappa shape index (κ3) is 2.60. The largest absolute Gasteiger partial charge is 0.332 e. The molecule has 3 rings (SSSR count). The molecule has 0 unspecified atom stereocenters. The number of nitrogens with two attached hydrogens (primary N) is 1. The highest BCUT2D eigenvalue weighted by Crippen LogP contribution is 2.34. The smallest absolute Gasteiger partial charge is 0.276 e. The predicted octanol–water partition coefficient (Wildman–Crippen LogP) is 2.63. The van der Waals surface area contributed by atoms with Crippen LogP contribution in [0.4, 0.5) is 0 Å². The van der Waals surface area contributed by atoms with Crippen molar-refractivity contribution in [1.29, 1.82) is 0 Å². The van der Waals surface area contributed by atoms with Crippen molar-refractivity contribution in [3.63, 3.8) is 0 Å². The van der Waals surface area contributed by atoms with Gasteiger partial charge in [0.05, 0.1) is 11.2 Å². The van der Waals surface area contributed by atoms with Gasteiger partial charge in [0.2, 0.25) is 0 Å². The molecular formula is C15H23N5O. The van der Waals surface area contributed by atoms with E-state index in [4.69, 9.17) is 10.3 Å². The summed E-state index contributed by atoms with van der Waals surface area (Å²) in [6.45, 7) is 4.92. The Balaban J connectivity index is 1.92. The van der Waals surface area contributed by atoms with Crippen LogP contribution in [-0.2, 0) is 18.5 Å². The fraction of sp³-hybridized carbons (Fsp3) is 0.667. The number of hydrogen-bond acceptors (Lipinski definition) is 5. The quantitative estimate of drug-likeness (QED) is 0.935. The van der Waals surface area contributed by atoms with E-state index in [1.807, 2.05) is 10.7 Å². The molecule has 0 radical (unpaired) electrons. The van der Waals surface area contributed by atoms with E-state index in [-0.39, 0.29) is 0 Å². The Morgan fingerprint density at radius 3 is 2.71 bits per heavy atom. The first-order chi connectivity index (χ1) is 10.2. The molecule has 2 aromatic heterocycles. The van der Waals surface area contributed by atoms with E-state index in [0.29, 0.717) is 11.7 Å². The highest BCUT2D eigenvalue weighted by molar-refractivity contribution is 5.48.